The number of halogens is 1. The summed E-state index contributed by atoms with van der Waals surface area (Å²) in [6.45, 7) is 2.16. The maximum atomic E-state index is 4.44. The summed E-state index contributed by atoms with van der Waals surface area (Å²) in [5, 5.41) is 2.13. The Bertz CT molecular complexity index is 741. The second kappa shape index (κ2) is 5.94. The molecule has 1 aromatic heterocycles. The second-order valence-corrected chi connectivity index (χ2v) is 6.42. The van der Waals surface area contributed by atoms with Crippen LogP contribution >= 0.6 is 27.7 Å². The van der Waals surface area contributed by atoms with E-state index in [1.54, 1.807) is 18.1 Å². The van der Waals surface area contributed by atoms with Crippen molar-refractivity contribution in [3.63, 3.8) is 0 Å². The molecule has 0 amide bonds. The molecule has 2 aromatic carbocycles. The van der Waals surface area contributed by atoms with E-state index >= 15 is 0 Å². The van der Waals surface area contributed by atoms with Crippen molar-refractivity contribution in [2.75, 3.05) is 0 Å². The Labute approximate surface area is 130 Å². The zero-order valence-corrected chi connectivity index (χ0v) is 13.4. The van der Waals surface area contributed by atoms with Gasteiger partial charge in [-0.1, -0.05) is 40.7 Å². The summed E-state index contributed by atoms with van der Waals surface area (Å²) in [7, 11) is 0. The number of aromatic nitrogens is 2. The Morgan fingerprint density at radius 2 is 1.85 bits per heavy atom. The lowest BCUT2D eigenvalue weighted by Gasteiger charge is -2.06. The van der Waals surface area contributed by atoms with Crippen molar-refractivity contribution in [3.05, 3.63) is 58.8 Å². The van der Waals surface area contributed by atoms with Crippen LogP contribution in [0.15, 0.2) is 63.2 Å². The molecule has 4 heteroatoms. The van der Waals surface area contributed by atoms with Crippen LogP contribution in [-0.4, -0.2) is 9.97 Å². The van der Waals surface area contributed by atoms with Crippen molar-refractivity contribution in [2.24, 2.45) is 0 Å². The summed E-state index contributed by atoms with van der Waals surface area (Å²) < 4.78 is 1.09. The van der Waals surface area contributed by atoms with E-state index < -0.39 is 0 Å². The van der Waals surface area contributed by atoms with Gasteiger partial charge in [0, 0.05) is 14.8 Å². The number of rotatable bonds is 3. The van der Waals surface area contributed by atoms with Gasteiger partial charge in [0.05, 0.1) is 5.52 Å². The van der Waals surface area contributed by atoms with Crippen molar-refractivity contribution >= 4 is 38.6 Å². The normalized spacial score (nSPS) is 10.9. The molecule has 0 spiro atoms. The number of hydrogen-bond donors (Lipinski definition) is 0. The molecule has 0 saturated heterocycles. The summed E-state index contributed by atoms with van der Waals surface area (Å²) in [5.74, 6) is 0. The van der Waals surface area contributed by atoms with Crippen LogP contribution in [0.2, 0.25) is 0 Å². The van der Waals surface area contributed by atoms with E-state index in [1.807, 2.05) is 12.1 Å². The second-order valence-electron chi connectivity index (χ2n) is 4.44. The van der Waals surface area contributed by atoms with Crippen molar-refractivity contribution in [1.29, 1.82) is 0 Å². The SMILES string of the molecule is CCc1ccc2ncnc(Sc3ccc(Br)cc3)c2c1. The van der Waals surface area contributed by atoms with Crippen LogP contribution in [0.1, 0.15) is 12.5 Å². The minimum atomic E-state index is 0.997. The van der Waals surface area contributed by atoms with Crippen LogP contribution in [0.3, 0.4) is 0 Å². The molecule has 3 aromatic rings. The number of benzene rings is 2. The van der Waals surface area contributed by atoms with Gasteiger partial charge in [-0.25, -0.2) is 9.97 Å². The maximum Gasteiger partial charge on any atom is 0.117 e. The minimum absolute atomic E-state index is 0.997. The number of nitrogens with zero attached hydrogens (tertiary/aromatic N) is 2. The monoisotopic (exact) mass is 344 g/mol. The average molecular weight is 345 g/mol. The van der Waals surface area contributed by atoms with Gasteiger partial charge >= 0.3 is 0 Å². The molecule has 2 nitrogen and oxygen atoms in total. The Kier molecular flexibility index (Phi) is 4.03. The van der Waals surface area contributed by atoms with Gasteiger partial charge in [-0.15, -0.1) is 0 Å². The summed E-state index contributed by atoms with van der Waals surface area (Å²) in [6.07, 6.45) is 2.66. The number of aryl methyl sites for hydroxylation is 1. The molecule has 100 valence electrons. The van der Waals surface area contributed by atoms with Gasteiger partial charge in [-0.05, 0) is 48.4 Å². The van der Waals surface area contributed by atoms with E-state index in [4.69, 9.17) is 0 Å². The highest BCUT2D eigenvalue weighted by atomic mass is 79.9. The van der Waals surface area contributed by atoms with Crippen LogP contribution in [0.25, 0.3) is 10.9 Å². The summed E-state index contributed by atoms with van der Waals surface area (Å²) in [4.78, 5) is 9.96. The molecule has 0 atom stereocenters. The fourth-order valence-electron chi connectivity index (χ4n) is 2.00. The van der Waals surface area contributed by atoms with E-state index in [-0.39, 0.29) is 0 Å². The highest BCUT2D eigenvalue weighted by molar-refractivity contribution is 9.10. The van der Waals surface area contributed by atoms with Crippen molar-refractivity contribution in [3.8, 4) is 0 Å². The summed E-state index contributed by atoms with van der Waals surface area (Å²) in [5.41, 5.74) is 2.31. The molecular weight excluding hydrogens is 332 g/mol. The third-order valence-corrected chi connectivity index (χ3v) is 4.65. The van der Waals surface area contributed by atoms with Crippen LogP contribution in [0, 0.1) is 0 Å². The quantitative estimate of drug-likeness (QED) is 0.617. The molecule has 0 unspecified atom stereocenters. The lowest BCUT2D eigenvalue weighted by Crippen LogP contribution is -1.89. The molecule has 0 radical (unpaired) electrons. The Balaban J connectivity index is 2.04. The zero-order valence-electron chi connectivity index (χ0n) is 11.0. The van der Waals surface area contributed by atoms with Crippen molar-refractivity contribution in [1.82, 2.24) is 9.97 Å². The molecule has 20 heavy (non-hydrogen) atoms. The van der Waals surface area contributed by atoms with Crippen LogP contribution in [0.5, 0.6) is 0 Å². The van der Waals surface area contributed by atoms with Gasteiger partial charge in [-0.3, -0.25) is 0 Å². The van der Waals surface area contributed by atoms with E-state index in [9.17, 15) is 0 Å². The fraction of sp³-hybridized carbons (Fsp3) is 0.125. The van der Waals surface area contributed by atoms with E-state index in [0.717, 1.165) is 26.8 Å². The molecule has 0 saturated carbocycles. The number of fused-ring (bicyclic) bond motifs is 1. The lowest BCUT2D eigenvalue weighted by atomic mass is 10.1. The van der Waals surface area contributed by atoms with E-state index in [0.29, 0.717) is 0 Å². The third-order valence-electron chi connectivity index (χ3n) is 3.10. The number of hydrogen-bond acceptors (Lipinski definition) is 3. The topological polar surface area (TPSA) is 25.8 Å². The van der Waals surface area contributed by atoms with Gasteiger partial charge in [0.1, 0.15) is 11.4 Å². The predicted molar refractivity (Wildman–Crippen MR) is 87.2 cm³/mol. The summed E-state index contributed by atoms with van der Waals surface area (Å²) in [6, 6.07) is 14.7. The highest BCUT2D eigenvalue weighted by Crippen LogP contribution is 2.32. The fourth-order valence-corrected chi connectivity index (χ4v) is 3.13. The minimum Gasteiger partial charge on any atom is -0.236 e. The van der Waals surface area contributed by atoms with Gasteiger partial charge in [0.25, 0.3) is 0 Å². The van der Waals surface area contributed by atoms with E-state index in [1.165, 1.54) is 10.5 Å². The lowest BCUT2D eigenvalue weighted by molar-refractivity contribution is 1.09. The van der Waals surface area contributed by atoms with Crippen LogP contribution in [-0.2, 0) is 6.42 Å². The first-order valence-electron chi connectivity index (χ1n) is 6.43. The smallest absolute Gasteiger partial charge is 0.117 e. The first-order chi connectivity index (χ1) is 9.76. The van der Waals surface area contributed by atoms with Gasteiger partial charge in [0.2, 0.25) is 0 Å². The molecule has 0 aliphatic heterocycles. The molecule has 0 fully saturated rings. The Morgan fingerprint density at radius 1 is 1.05 bits per heavy atom. The van der Waals surface area contributed by atoms with Gasteiger partial charge < -0.3 is 0 Å². The first-order valence-corrected chi connectivity index (χ1v) is 8.04. The Morgan fingerprint density at radius 3 is 2.60 bits per heavy atom. The van der Waals surface area contributed by atoms with Crippen molar-refractivity contribution in [2.45, 2.75) is 23.3 Å². The molecular formula is C16H13BrN2S. The Hall–Kier alpha value is -1.39. The summed E-state index contributed by atoms with van der Waals surface area (Å²) >= 11 is 5.13. The molecule has 3 rings (SSSR count). The van der Waals surface area contributed by atoms with Gasteiger partial charge in [0.15, 0.2) is 0 Å². The molecule has 0 aliphatic carbocycles. The standard InChI is InChI=1S/C16H13BrN2S/c1-2-11-3-8-15-14(9-11)16(19-10-18-15)20-13-6-4-12(17)5-7-13/h3-10H,2H2,1H3. The molecule has 0 aliphatic rings. The third kappa shape index (κ3) is 2.86. The predicted octanol–water partition coefficient (Wildman–Crippen LogP) is 5.11. The van der Waals surface area contributed by atoms with Crippen LogP contribution < -0.4 is 0 Å². The zero-order chi connectivity index (χ0) is 13.9. The maximum absolute atomic E-state index is 4.44. The van der Waals surface area contributed by atoms with Crippen molar-refractivity contribution < 1.29 is 0 Å². The molecule has 0 N–H and O–H groups in total. The van der Waals surface area contributed by atoms with Gasteiger partial charge in [-0.2, -0.15) is 0 Å². The van der Waals surface area contributed by atoms with Crippen LogP contribution in [0.4, 0.5) is 0 Å². The van der Waals surface area contributed by atoms with E-state index in [2.05, 4.69) is 63.2 Å². The average Bonchev–Trinajstić information content (AvgIpc) is 2.49. The largest absolute Gasteiger partial charge is 0.236 e. The highest BCUT2D eigenvalue weighted by Gasteiger charge is 2.06. The first kappa shape index (κ1) is 13.6. The molecule has 1 heterocycles. The molecule has 0 bridgehead atoms.